The van der Waals surface area contributed by atoms with Gasteiger partial charge in [0.05, 0.1) is 12.0 Å². The highest BCUT2D eigenvalue weighted by Crippen LogP contribution is 2.73. The van der Waals surface area contributed by atoms with E-state index in [1.54, 1.807) is 30.3 Å². The number of para-hydroxylation sites is 1. The molecule has 3 unspecified atom stereocenters. The Morgan fingerprint density at radius 1 is 1.03 bits per heavy atom. The maximum atomic E-state index is 14.4. The average Bonchev–Trinajstić information content (AvgIpc) is 3.33. The van der Waals surface area contributed by atoms with E-state index in [1.807, 2.05) is 6.07 Å². The molecule has 1 aliphatic rings. The summed E-state index contributed by atoms with van der Waals surface area (Å²) >= 11 is 12.9. The van der Waals surface area contributed by atoms with Crippen molar-refractivity contribution < 1.29 is 36.9 Å². The highest BCUT2D eigenvalue weighted by Gasteiger charge is 2.83. The standard InChI is InChI=1S/C25H15Cl2F4NO4/c26-24(27)21(23(24,22(33)34)15-7-9-17(10-8-15)36-25(29,30)31)18(13-32)14-6-11-19(28)20(12-14)35-16-4-2-1-3-5-16/h1-12,18,21H,(H,33,34). The molecule has 4 rings (SSSR count). The normalized spacial score (nSPS) is 21.2. The number of ether oxygens (including phenoxy) is 2. The van der Waals surface area contributed by atoms with E-state index < -0.39 is 45.5 Å². The zero-order chi connectivity index (χ0) is 26.3. The first kappa shape index (κ1) is 25.6. The zero-order valence-corrected chi connectivity index (χ0v) is 19.5. The molecule has 0 bridgehead atoms. The molecule has 36 heavy (non-hydrogen) atoms. The third kappa shape index (κ3) is 4.43. The van der Waals surface area contributed by atoms with Gasteiger partial charge in [0, 0.05) is 5.92 Å². The van der Waals surface area contributed by atoms with Gasteiger partial charge in [-0.15, -0.1) is 13.2 Å². The number of aliphatic carboxylic acids is 1. The number of nitrogens with zero attached hydrogens (tertiary/aromatic N) is 1. The molecule has 0 radical (unpaired) electrons. The van der Waals surface area contributed by atoms with Crippen LogP contribution in [0.5, 0.6) is 17.2 Å². The Morgan fingerprint density at radius 3 is 2.22 bits per heavy atom. The minimum atomic E-state index is -4.94. The van der Waals surface area contributed by atoms with Crippen molar-refractivity contribution in [1.29, 1.82) is 5.26 Å². The van der Waals surface area contributed by atoms with Crippen LogP contribution in [0.15, 0.2) is 72.8 Å². The van der Waals surface area contributed by atoms with Crippen LogP contribution in [0.4, 0.5) is 17.6 Å². The predicted molar refractivity (Wildman–Crippen MR) is 122 cm³/mol. The van der Waals surface area contributed by atoms with Crippen LogP contribution in [0.25, 0.3) is 0 Å². The molecule has 3 atom stereocenters. The summed E-state index contributed by atoms with van der Waals surface area (Å²) in [5.41, 5.74) is -1.87. The van der Waals surface area contributed by atoms with Gasteiger partial charge in [0.15, 0.2) is 11.6 Å². The van der Waals surface area contributed by atoms with Gasteiger partial charge in [0.1, 0.15) is 21.2 Å². The van der Waals surface area contributed by atoms with Gasteiger partial charge in [-0.05, 0) is 47.5 Å². The van der Waals surface area contributed by atoms with E-state index in [1.165, 1.54) is 12.1 Å². The third-order valence-corrected chi connectivity index (χ3v) is 7.00. The second kappa shape index (κ2) is 9.19. The summed E-state index contributed by atoms with van der Waals surface area (Å²) in [5, 5.41) is 20.1. The van der Waals surface area contributed by atoms with Crippen LogP contribution in [0.2, 0.25) is 0 Å². The van der Waals surface area contributed by atoms with Crippen LogP contribution < -0.4 is 9.47 Å². The minimum absolute atomic E-state index is 0.0253. The molecule has 0 aliphatic heterocycles. The number of hydrogen-bond acceptors (Lipinski definition) is 4. The van der Waals surface area contributed by atoms with E-state index in [0.29, 0.717) is 5.75 Å². The third-order valence-electron chi connectivity index (χ3n) is 5.94. The Balaban J connectivity index is 1.71. The fourth-order valence-electron chi connectivity index (χ4n) is 4.33. The Hall–Kier alpha value is -3.48. The average molecular weight is 540 g/mol. The van der Waals surface area contributed by atoms with Crippen molar-refractivity contribution in [1.82, 2.24) is 0 Å². The fraction of sp³-hybridized carbons (Fsp3) is 0.200. The monoisotopic (exact) mass is 539 g/mol. The first-order valence-corrected chi connectivity index (χ1v) is 11.1. The van der Waals surface area contributed by atoms with Gasteiger partial charge in [0.2, 0.25) is 0 Å². The Kier molecular flexibility index (Phi) is 6.54. The van der Waals surface area contributed by atoms with E-state index in [-0.39, 0.29) is 16.9 Å². The number of rotatable bonds is 7. The smallest absolute Gasteiger partial charge is 0.480 e. The summed E-state index contributed by atoms with van der Waals surface area (Å²) in [5.74, 6) is -5.12. The predicted octanol–water partition coefficient (Wildman–Crippen LogP) is 6.95. The first-order chi connectivity index (χ1) is 16.9. The van der Waals surface area contributed by atoms with Gasteiger partial charge >= 0.3 is 12.3 Å². The zero-order valence-electron chi connectivity index (χ0n) is 18.0. The Bertz CT molecular complexity index is 1330. The molecule has 1 aliphatic carbocycles. The summed E-state index contributed by atoms with van der Waals surface area (Å²) in [7, 11) is 0. The highest BCUT2D eigenvalue weighted by molar-refractivity contribution is 6.54. The molecule has 1 N–H and O–H groups in total. The fourth-order valence-corrected chi connectivity index (χ4v) is 5.41. The molecular formula is C25H15Cl2F4NO4. The molecule has 0 saturated heterocycles. The van der Waals surface area contributed by atoms with E-state index in [9.17, 15) is 32.7 Å². The lowest BCUT2D eigenvalue weighted by atomic mass is 9.85. The van der Waals surface area contributed by atoms with E-state index in [0.717, 1.165) is 30.3 Å². The van der Waals surface area contributed by atoms with Crippen molar-refractivity contribution in [3.63, 3.8) is 0 Å². The second-order valence-electron chi connectivity index (χ2n) is 8.00. The highest BCUT2D eigenvalue weighted by atomic mass is 35.5. The largest absolute Gasteiger partial charge is 0.573 e. The van der Waals surface area contributed by atoms with Crippen LogP contribution in [0, 0.1) is 23.1 Å². The number of carboxylic acids is 1. The van der Waals surface area contributed by atoms with Gasteiger partial charge < -0.3 is 14.6 Å². The summed E-state index contributed by atoms with van der Waals surface area (Å²) in [6.07, 6.45) is -4.94. The van der Waals surface area contributed by atoms with Crippen molar-refractivity contribution in [3.8, 4) is 23.3 Å². The van der Waals surface area contributed by atoms with Crippen molar-refractivity contribution >= 4 is 29.2 Å². The molecule has 3 aromatic carbocycles. The number of halogens is 6. The lowest BCUT2D eigenvalue weighted by molar-refractivity contribution is -0.274. The van der Waals surface area contributed by atoms with Crippen LogP contribution in [-0.4, -0.2) is 21.8 Å². The molecule has 0 amide bonds. The minimum Gasteiger partial charge on any atom is -0.480 e. The number of alkyl halides is 5. The maximum absolute atomic E-state index is 14.4. The number of carbonyl (C=O) groups is 1. The summed E-state index contributed by atoms with van der Waals surface area (Å²) in [6, 6.07) is 17.9. The van der Waals surface area contributed by atoms with Gasteiger partial charge in [-0.2, -0.15) is 5.26 Å². The molecule has 1 fully saturated rings. The SMILES string of the molecule is N#CC(c1ccc(F)c(Oc2ccccc2)c1)C1C(Cl)(Cl)C1(C(=O)O)c1ccc(OC(F)(F)F)cc1. The lowest BCUT2D eigenvalue weighted by Gasteiger charge is -2.17. The first-order valence-electron chi connectivity index (χ1n) is 10.3. The molecule has 186 valence electrons. The molecule has 11 heteroatoms. The van der Waals surface area contributed by atoms with Gasteiger partial charge in [0.25, 0.3) is 0 Å². The summed E-state index contributed by atoms with van der Waals surface area (Å²) in [4.78, 5) is 12.5. The van der Waals surface area contributed by atoms with Crippen LogP contribution in [0.1, 0.15) is 17.0 Å². The summed E-state index contributed by atoms with van der Waals surface area (Å²) in [6.45, 7) is 0. The molecule has 5 nitrogen and oxygen atoms in total. The quantitative estimate of drug-likeness (QED) is 0.259. The maximum Gasteiger partial charge on any atom is 0.573 e. The van der Waals surface area contributed by atoms with Gasteiger partial charge in [-0.1, -0.05) is 59.6 Å². The van der Waals surface area contributed by atoms with E-state index >= 15 is 0 Å². The van der Waals surface area contributed by atoms with Crippen molar-refractivity contribution in [2.75, 3.05) is 0 Å². The van der Waals surface area contributed by atoms with Gasteiger partial charge in [-0.25, -0.2) is 4.39 Å². The van der Waals surface area contributed by atoms with Crippen molar-refractivity contribution in [2.24, 2.45) is 5.92 Å². The second-order valence-corrected chi connectivity index (χ2v) is 9.38. The van der Waals surface area contributed by atoms with Crippen molar-refractivity contribution in [3.05, 3.63) is 89.7 Å². The molecule has 0 spiro atoms. The van der Waals surface area contributed by atoms with E-state index in [2.05, 4.69) is 4.74 Å². The number of nitriles is 1. The van der Waals surface area contributed by atoms with Crippen LogP contribution >= 0.6 is 23.2 Å². The number of carboxylic acid groups (broad SMARTS) is 1. The molecule has 0 heterocycles. The number of hydrogen-bond donors (Lipinski definition) is 1. The van der Waals surface area contributed by atoms with Crippen LogP contribution in [0.3, 0.4) is 0 Å². The number of benzene rings is 3. The molecule has 3 aromatic rings. The van der Waals surface area contributed by atoms with Crippen LogP contribution in [-0.2, 0) is 10.2 Å². The van der Waals surface area contributed by atoms with E-state index in [4.69, 9.17) is 27.9 Å². The Morgan fingerprint density at radius 2 is 1.67 bits per heavy atom. The molecule has 0 aromatic heterocycles. The Labute approximate surface area is 212 Å². The van der Waals surface area contributed by atoms with Gasteiger partial charge in [-0.3, -0.25) is 4.79 Å². The topological polar surface area (TPSA) is 79.5 Å². The molecule has 1 saturated carbocycles. The molecular weight excluding hydrogens is 525 g/mol. The lowest BCUT2D eigenvalue weighted by Crippen LogP contribution is -2.27. The van der Waals surface area contributed by atoms with Crippen molar-refractivity contribution in [2.45, 2.75) is 22.0 Å². The summed E-state index contributed by atoms with van der Waals surface area (Å²) < 4.78 is 59.3.